The standard InChI is InChI=1S/C13H11BrN2S2/c1-2-8-6-9(12(15)17-8)13-16-10-5-7(14)3-4-11(10)18-13/h3-6H,2,15H2,1H3. The van der Waals surface area contributed by atoms with E-state index in [-0.39, 0.29) is 0 Å². The van der Waals surface area contributed by atoms with E-state index >= 15 is 0 Å². The van der Waals surface area contributed by atoms with Crippen LogP contribution in [-0.2, 0) is 6.42 Å². The number of aryl methyl sites for hydroxylation is 1. The van der Waals surface area contributed by atoms with E-state index in [2.05, 4.69) is 40.0 Å². The van der Waals surface area contributed by atoms with E-state index in [1.165, 1.54) is 9.58 Å². The second kappa shape index (κ2) is 4.64. The number of thiophene rings is 1. The number of nitrogen functional groups attached to an aromatic ring is 1. The van der Waals surface area contributed by atoms with Gasteiger partial charge in [0.05, 0.1) is 15.2 Å². The zero-order valence-electron chi connectivity index (χ0n) is 9.74. The van der Waals surface area contributed by atoms with Crippen molar-refractivity contribution in [3.63, 3.8) is 0 Å². The summed E-state index contributed by atoms with van der Waals surface area (Å²) in [6.07, 6.45) is 1.02. The Morgan fingerprint density at radius 2 is 2.11 bits per heavy atom. The molecule has 0 unspecified atom stereocenters. The second-order valence-corrected chi connectivity index (χ2v) is 7.09. The molecule has 0 saturated heterocycles. The van der Waals surface area contributed by atoms with Crippen molar-refractivity contribution in [3.05, 3.63) is 33.6 Å². The molecule has 5 heteroatoms. The molecule has 2 aromatic heterocycles. The minimum absolute atomic E-state index is 0.866. The Balaban J connectivity index is 2.15. The highest BCUT2D eigenvalue weighted by atomic mass is 79.9. The third kappa shape index (κ3) is 2.06. The number of nitrogens with two attached hydrogens (primary N) is 1. The first-order chi connectivity index (χ1) is 8.67. The summed E-state index contributed by atoms with van der Waals surface area (Å²) >= 11 is 6.82. The Morgan fingerprint density at radius 1 is 1.28 bits per heavy atom. The van der Waals surface area contributed by atoms with Crippen molar-refractivity contribution in [2.24, 2.45) is 0 Å². The predicted octanol–water partition coefficient (Wildman–Crippen LogP) is 4.93. The molecule has 0 atom stereocenters. The average Bonchev–Trinajstić information content (AvgIpc) is 2.91. The lowest BCUT2D eigenvalue weighted by Gasteiger charge is -1.91. The topological polar surface area (TPSA) is 38.9 Å². The van der Waals surface area contributed by atoms with Gasteiger partial charge < -0.3 is 5.73 Å². The Bertz CT molecular complexity index is 715. The summed E-state index contributed by atoms with van der Waals surface area (Å²) < 4.78 is 2.25. The Morgan fingerprint density at radius 3 is 2.83 bits per heavy atom. The molecule has 2 N–H and O–H groups in total. The van der Waals surface area contributed by atoms with E-state index in [0.29, 0.717) is 0 Å². The largest absolute Gasteiger partial charge is 0.390 e. The van der Waals surface area contributed by atoms with Gasteiger partial charge in [-0.3, -0.25) is 0 Å². The van der Waals surface area contributed by atoms with Gasteiger partial charge in [0.1, 0.15) is 5.01 Å². The molecule has 0 radical (unpaired) electrons. The fourth-order valence-corrected chi connectivity index (χ4v) is 4.07. The number of hydrogen-bond acceptors (Lipinski definition) is 4. The highest BCUT2D eigenvalue weighted by Crippen LogP contribution is 2.38. The summed E-state index contributed by atoms with van der Waals surface area (Å²) in [4.78, 5) is 5.98. The molecule has 0 spiro atoms. The van der Waals surface area contributed by atoms with Gasteiger partial charge in [0.2, 0.25) is 0 Å². The van der Waals surface area contributed by atoms with Crippen molar-refractivity contribution in [2.45, 2.75) is 13.3 Å². The van der Waals surface area contributed by atoms with Crippen LogP contribution in [0.3, 0.4) is 0 Å². The zero-order chi connectivity index (χ0) is 12.7. The van der Waals surface area contributed by atoms with Gasteiger partial charge in [0, 0.05) is 14.9 Å². The lowest BCUT2D eigenvalue weighted by molar-refractivity contribution is 1.19. The summed E-state index contributed by atoms with van der Waals surface area (Å²) in [6.45, 7) is 2.14. The fraction of sp³-hybridized carbons (Fsp3) is 0.154. The maximum Gasteiger partial charge on any atom is 0.127 e. The molecule has 1 aromatic carbocycles. The number of anilines is 1. The van der Waals surface area contributed by atoms with Crippen molar-refractivity contribution in [2.75, 3.05) is 5.73 Å². The van der Waals surface area contributed by atoms with Crippen molar-refractivity contribution < 1.29 is 0 Å². The second-order valence-electron chi connectivity index (χ2n) is 3.98. The number of thiazole rings is 1. The maximum atomic E-state index is 6.08. The molecule has 2 heterocycles. The first-order valence-corrected chi connectivity index (χ1v) is 8.04. The van der Waals surface area contributed by atoms with E-state index in [1.807, 2.05) is 12.1 Å². The minimum atomic E-state index is 0.866. The first-order valence-electron chi connectivity index (χ1n) is 5.62. The van der Waals surface area contributed by atoms with Gasteiger partial charge in [-0.1, -0.05) is 22.9 Å². The summed E-state index contributed by atoms with van der Waals surface area (Å²) in [5.74, 6) is 0. The van der Waals surface area contributed by atoms with Crippen LogP contribution in [0.1, 0.15) is 11.8 Å². The number of rotatable bonds is 2. The van der Waals surface area contributed by atoms with Crippen LogP contribution in [0.5, 0.6) is 0 Å². The highest BCUT2D eigenvalue weighted by molar-refractivity contribution is 9.10. The van der Waals surface area contributed by atoms with Crippen LogP contribution >= 0.6 is 38.6 Å². The monoisotopic (exact) mass is 338 g/mol. The van der Waals surface area contributed by atoms with Gasteiger partial charge in [0.15, 0.2) is 0 Å². The molecular weight excluding hydrogens is 328 g/mol. The molecule has 0 bridgehead atoms. The third-order valence-corrected chi connectivity index (χ3v) is 5.41. The molecule has 0 aliphatic rings. The van der Waals surface area contributed by atoms with Gasteiger partial charge in [-0.05, 0) is 30.7 Å². The van der Waals surface area contributed by atoms with Gasteiger partial charge in [-0.25, -0.2) is 4.98 Å². The van der Waals surface area contributed by atoms with Crippen molar-refractivity contribution >= 4 is 53.8 Å². The molecule has 0 amide bonds. The molecule has 0 aliphatic heterocycles. The minimum Gasteiger partial charge on any atom is -0.390 e. The SMILES string of the molecule is CCc1cc(-c2nc3cc(Br)ccc3s2)c(N)s1. The van der Waals surface area contributed by atoms with Crippen molar-refractivity contribution in [1.82, 2.24) is 4.98 Å². The Labute approximate surface area is 122 Å². The molecule has 3 rings (SSSR count). The Hall–Kier alpha value is -0.910. The van der Waals surface area contributed by atoms with Crippen LogP contribution in [0.4, 0.5) is 5.00 Å². The van der Waals surface area contributed by atoms with E-state index < -0.39 is 0 Å². The molecular formula is C13H11BrN2S2. The molecule has 3 aromatic rings. The number of benzene rings is 1. The number of hydrogen-bond donors (Lipinski definition) is 1. The molecule has 18 heavy (non-hydrogen) atoms. The number of halogens is 1. The lowest BCUT2D eigenvalue weighted by atomic mass is 10.3. The van der Waals surface area contributed by atoms with Gasteiger partial charge in [0.25, 0.3) is 0 Å². The van der Waals surface area contributed by atoms with Crippen molar-refractivity contribution in [1.29, 1.82) is 0 Å². The number of fused-ring (bicyclic) bond motifs is 1. The van der Waals surface area contributed by atoms with Crippen LogP contribution in [0.2, 0.25) is 0 Å². The van der Waals surface area contributed by atoms with E-state index in [9.17, 15) is 0 Å². The molecule has 2 nitrogen and oxygen atoms in total. The molecule has 92 valence electrons. The quantitative estimate of drug-likeness (QED) is 0.719. The normalized spacial score (nSPS) is 11.2. The smallest absolute Gasteiger partial charge is 0.127 e. The average molecular weight is 339 g/mol. The third-order valence-electron chi connectivity index (χ3n) is 2.74. The summed E-state index contributed by atoms with van der Waals surface area (Å²) in [7, 11) is 0. The van der Waals surface area contributed by atoms with Crippen LogP contribution in [-0.4, -0.2) is 4.98 Å². The van der Waals surface area contributed by atoms with Gasteiger partial charge >= 0.3 is 0 Å². The molecule has 0 saturated carbocycles. The maximum absolute atomic E-state index is 6.08. The summed E-state index contributed by atoms with van der Waals surface area (Å²) in [5, 5.41) is 1.88. The van der Waals surface area contributed by atoms with E-state index in [4.69, 9.17) is 5.73 Å². The van der Waals surface area contributed by atoms with Crippen LogP contribution in [0.15, 0.2) is 28.7 Å². The van der Waals surface area contributed by atoms with E-state index in [0.717, 1.165) is 32.0 Å². The van der Waals surface area contributed by atoms with Crippen molar-refractivity contribution in [3.8, 4) is 10.6 Å². The molecule has 0 aliphatic carbocycles. The number of nitrogens with zero attached hydrogens (tertiary/aromatic N) is 1. The van der Waals surface area contributed by atoms with Crippen LogP contribution in [0.25, 0.3) is 20.8 Å². The van der Waals surface area contributed by atoms with Gasteiger partial charge in [-0.15, -0.1) is 22.7 Å². The fourth-order valence-electron chi connectivity index (χ4n) is 1.81. The molecule has 0 fully saturated rings. The number of aromatic nitrogens is 1. The lowest BCUT2D eigenvalue weighted by Crippen LogP contribution is -1.81. The van der Waals surface area contributed by atoms with E-state index in [1.54, 1.807) is 22.7 Å². The highest BCUT2D eigenvalue weighted by Gasteiger charge is 2.12. The zero-order valence-corrected chi connectivity index (χ0v) is 13.0. The first kappa shape index (κ1) is 12.1. The predicted molar refractivity (Wildman–Crippen MR) is 84.4 cm³/mol. The summed E-state index contributed by atoms with van der Waals surface area (Å²) in [6, 6.07) is 8.33. The summed E-state index contributed by atoms with van der Waals surface area (Å²) in [5.41, 5.74) is 8.18. The van der Waals surface area contributed by atoms with Crippen LogP contribution in [0, 0.1) is 0 Å². The van der Waals surface area contributed by atoms with Gasteiger partial charge in [-0.2, -0.15) is 0 Å². The van der Waals surface area contributed by atoms with Crippen LogP contribution < -0.4 is 5.73 Å². The Kier molecular flexibility index (Phi) is 3.13.